The van der Waals surface area contributed by atoms with Crippen molar-refractivity contribution in [2.75, 3.05) is 0 Å². The summed E-state index contributed by atoms with van der Waals surface area (Å²) in [6.45, 7) is 8.18. The Balaban J connectivity index is 2.07. The van der Waals surface area contributed by atoms with Crippen molar-refractivity contribution in [2.24, 2.45) is 0 Å². The van der Waals surface area contributed by atoms with Gasteiger partial charge in [0.05, 0.1) is 5.56 Å². The molecule has 1 heterocycles. The summed E-state index contributed by atoms with van der Waals surface area (Å²) in [7, 11) is 0. The van der Waals surface area contributed by atoms with Crippen LogP contribution in [0.3, 0.4) is 0 Å². The highest BCUT2D eigenvalue weighted by Crippen LogP contribution is 2.20. The van der Waals surface area contributed by atoms with Gasteiger partial charge in [0.1, 0.15) is 11.5 Å². The van der Waals surface area contributed by atoms with Gasteiger partial charge >= 0.3 is 0 Å². The average Bonchev–Trinajstić information content (AvgIpc) is 2.62. The number of nitrogens with one attached hydrogen (secondary N) is 1. The van der Waals surface area contributed by atoms with Crippen molar-refractivity contribution < 1.29 is 9.21 Å². The van der Waals surface area contributed by atoms with Crippen LogP contribution in [0.25, 0.3) is 0 Å². The maximum absolute atomic E-state index is 12.2. The lowest BCUT2D eigenvalue weighted by Crippen LogP contribution is -2.23. The standard InChI is InChI=1S/C16H19NO2/c1-10-5-7-14(8-6-10)9-17-16(18)15-11(2)12(3)19-13(15)4/h5-8H,9H2,1-4H3,(H,17,18). The van der Waals surface area contributed by atoms with Gasteiger partial charge < -0.3 is 9.73 Å². The number of carbonyl (C=O) groups is 1. The minimum atomic E-state index is -0.0765. The maximum atomic E-state index is 12.2. The number of hydrogen-bond donors (Lipinski definition) is 1. The summed E-state index contributed by atoms with van der Waals surface area (Å²) in [5.74, 6) is 1.40. The van der Waals surface area contributed by atoms with Crippen molar-refractivity contribution in [3.8, 4) is 0 Å². The summed E-state index contributed by atoms with van der Waals surface area (Å²) < 4.78 is 5.47. The molecule has 0 bridgehead atoms. The van der Waals surface area contributed by atoms with E-state index in [9.17, 15) is 4.79 Å². The molecule has 19 heavy (non-hydrogen) atoms. The fourth-order valence-corrected chi connectivity index (χ4v) is 2.10. The third-order valence-corrected chi connectivity index (χ3v) is 3.36. The summed E-state index contributed by atoms with van der Waals surface area (Å²) in [5.41, 5.74) is 3.88. The molecule has 3 nitrogen and oxygen atoms in total. The number of aryl methyl sites for hydroxylation is 3. The fourth-order valence-electron chi connectivity index (χ4n) is 2.10. The monoisotopic (exact) mass is 257 g/mol. The van der Waals surface area contributed by atoms with Crippen molar-refractivity contribution >= 4 is 5.91 Å². The fraction of sp³-hybridized carbons (Fsp3) is 0.312. The summed E-state index contributed by atoms with van der Waals surface area (Å²) >= 11 is 0. The molecule has 1 N–H and O–H groups in total. The largest absolute Gasteiger partial charge is 0.466 e. The Morgan fingerprint density at radius 1 is 1.05 bits per heavy atom. The molecule has 0 radical (unpaired) electrons. The summed E-state index contributed by atoms with van der Waals surface area (Å²) in [6.07, 6.45) is 0. The third kappa shape index (κ3) is 2.87. The number of carbonyl (C=O) groups excluding carboxylic acids is 1. The van der Waals surface area contributed by atoms with Gasteiger partial charge in [-0.1, -0.05) is 29.8 Å². The number of hydrogen-bond acceptors (Lipinski definition) is 2. The van der Waals surface area contributed by atoms with Gasteiger partial charge in [-0.3, -0.25) is 4.79 Å². The van der Waals surface area contributed by atoms with Crippen molar-refractivity contribution in [1.82, 2.24) is 5.32 Å². The van der Waals surface area contributed by atoms with E-state index in [0.29, 0.717) is 17.9 Å². The molecule has 0 saturated heterocycles. The van der Waals surface area contributed by atoms with E-state index in [4.69, 9.17) is 4.42 Å². The number of amides is 1. The quantitative estimate of drug-likeness (QED) is 0.915. The predicted molar refractivity (Wildman–Crippen MR) is 75.3 cm³/mol. The lowest BCUT2D eigenvalue weighted by Gasteiger charge is -2.06. The number of rotatable bonds is 3. The van der Waals surface area contributed by atoms with Crippen LogP contribution in [0.5, 0.6) is 0 Å². The van der Waals surface area contributed by atoms with Gasteiger partial charge in [-0.05, 0) is 33.3 Å². The molecule has 0 saturated carbocycles. The average molecular weight is 257 g/mol. The van der Waals surface area contributed by atoms with E-state index in [1.54, 1.807) is 0 Å². The van der Waals surface area contributed by atoms with Crippen LogP contribution in [0, 0.1) is 27.7 Å². The second-order valence-corrected chi connectivity index (χ2v) is 4.88. The highest BCUT2D eigenvalue weighted by atomic mass is 16.3. The molecule has 1 aromatic carbocycles. The van der Waals surface area contributed by atoms with Crippen LogP contribution >= 0.6 is 0 Å². The van der Waals surface area contributed by atoms with Gasteiger partial charge in [-0.2, -0.15) is 0 Å². The maximum Gasteiger partial charge on any atom is 0.255 e. The van der Waals surface area contributed by atoms with E-state index < -0.39 is 0 Å². The van der Waals surface area contributed by atoms with Gasteiger partial charge in [0, 0.05) is 12.1 Å². The van der Waals surface area contributed by atoms with Gasteiger partial charge in [0.15, 0.2) is 0 Å². The van der Waals surface area contributed by atoms with Gasteiger partial charge in [-0.25, -0.2) is 0 Å². The van der Waals surface area contributed by atoms with E-state index in [2.05, 4.69) is 5.32 Å². The second kappa shape index (κ2) is 5.31. The lowest BCUT2D eigenvalue weighted by atomic mass is 10.1. The minimum absolute atomic E-state index is 0.0765. The molecule has 0 aliphatic rings. The van der Waals surface area contributed by atoms with Crippen molar-refractivity contribution in [3.63, 3.8) is 0 Å². The predicted octanol–water partition coefficient (Wildman–Crippen LogP) is 3.44. The minimum Gasteiger partial charge on any atom is -0.466 e. The molecular formula is C16H19NO2. The number of furan rings is 1. The van der Waals surface area contributed by atoms with Crippen LogP contribution in [-0.4, -0.2) is 5.91 Å². The van der Waals surface area contributed by atoms with E-state index in [0.717, 1.165) is 16.9 Å². The molecule has 100 valence electrons. The molecule has 0 aliphatic carbocycles. The second-order valence-electron chi connectivity index (χ2n) is 4.88. The molecule has 0 fully saturated rings. The molecule has 3 heteroatoms. The lowest BCUT2D eigenvalue weighted by molar-refractivity contribution is 0.0949. The van der Waals surface area contributed by atoms with Gasteiger partial charge in [-0.15, -0.1) is 0 Å². The first-order chi connectivity index (χ1) is 8.99. The third-order valence-electron chi connectivity index (χ3n) is 3.36. The summed E-state index contributed by atoms with van der Waals surface area (Å²) in [4.78, 5) is 12.2. The molecule has 0 aliphatic heterocycles. The molecule has 0 unspecified atom stereocenters. The molecule has 1 aromatic heterocycles. The van der Waals surface area contributed by atoms with E-state index in [1.165, 1.54) is 5.56 Å². The topological polar surface area (TPSA) is 42.2 Å². The van der Waals surface area contributed by atoms with Crippen molar-refractivity contribution in [1.29, 1.82) is 0 Å². The van der Waals surface area contributed by atoms with Gasteiger partial charge in [0.2, 0.25) is 0 Å². The highest BCUT2D eigenvalue weighted by Gasteiger charge is 2.17. The van der Waals surface area contributed by atoms with Crippen LogP contribution in [0.1, 0.15) is 38.6 Å². The van der Waals surface area contributed by atoms with Crippen molar-refractivity contribution in [2.45, 2.75) is 34.2 Å². The van der Waals surface area contributed by atoms with E-state index in [-0.39, 0.29) is 5.91 Å². The summed E-state index contributed by atoms with van der Waals surface area (Å²) in [5, 5.41) is 2.93. The zero-order chi connectivity index (χ0) is 14.0. The van der Waals surface area contributed by atoms with Crippen LogP contribution < -0.4 is 5.32 Å². The Kier molecular flexibility index (Phi) is 3.74. The molecular weight excluding hydrogens is 238 g/mol. The SMILES string of the molecule is Cc1ccc(CNC(=O)c2c(C)oc(C)c2C)cc1. The summed E-state index contributed by atoms with van der Waals surface area (Å²) in [6, 6.07) is 8.13. The van der Waals surface area contributed by atoms with Gasteiger partial charge in [0.25, 0.3) is 5.91 Å². The molecule has 0 spiro atoms. The molecule has 2 rings (SSSR count). The van der Waals surface area contributed by atoms with E-state index in [1.807, 2.05) is 52.0 Å². The first-order valence-electron chi connectivity index (χ1n) is 6.39. The highest BCUT2D eigenvalue weighted by molar-refractivity contribution is 5.96. The van der Waals surface area contributed by atoms with Crippen LogP contribution in [0.15, 0.2) is 28.7 Å². The Labute approximate surface area is 113 Å². The number of benzene rings is 1. The smallest absolute Gasteiger partial charge is 0.255 e. The molecule has 1 amide bonds. The zero-order valence-corrected chi connectivity index (χ0v) is 11.8. The van der Waals surface area contributed by atoms with E-state index >= 15 is 0 Å². The molecule has 2 aromatic rings. The Morgan fingerprint density at radius 3 is 2.21 bits per heavy atom. The van der Waals surface area contributed by atoms with Crippen molar-refractivity contribution in [3.05, 3.63) is 58.0 Å². The first-order valence-corrected chi connectivity index (χ1v) is 6.39. The first kappa shape index (κ1) is 13.4. The van der Waals surface area contributed by atoms with Crippen LogP contribution in [0.2, 0.25) is 0 Å². The Hall–Kier alpha value is -2.03. The van der Waals surface area contributed by atoms with Crippen LogP contribution in [-0.2, 0) is 6.54 Å². The normalized spacial score (nSPS) is 10.5. The Morgan fingerprint density at radius 2 is 1.68 bits per heavy atom. The van der Waals surface area contributed by atoms with Crippen LogP contribution in [0.4, 0.5) is 0 Å². The molecule has 0 atom stereocenters. The Bertz CT molecular complexity index is 594. The zero-order valence-electron chi connectivity index (χ0n) is 11.8.